The van der Waals surface area contributed by atoms with Gasteiger partial charge in [-0.2, -0.15) is 0 Å². The molecule has 1 amide bonds. The molecule has 0 bridgehead atoms. The third-order valence-electron chi connectivity index (χ3n) is 4.39. The number of nitrogens with zero attached hydrogens (tertiary/aromatic N) is 2. The average molecular weight is 407 g/mol. The van der Waals surface area contributed by atoms with Crippen LogP contribution in [0.1, 0.15) is 27.2 Å². The van der Waals surface area contributed by atoms with E-state index in [1.807, 2.05) is 13.0 Å². The topological polar surface area (TPSA) is 32.8 Å². The number of methoxy groups -OCH3 is 1. The maximum atomic E-state index is 12.7. The van der Waals surface area contributed by atoms with E-state index in [0.717, 1.165) is 39.9 Å². The molecule has 4 nitrogen and oxygen atoms in total. The van der Waals surface area contributed by atoms with Crippen molar-refractivity contribution in [2.45, 2.75) is 32.1 Å². The van der Waals surface area contributed by atoms with Crippen LogP contribution in [0.4, 0.5) is 5.69 Å². The lowest BCUT2D eigenvalue weighted by Crippen LogP contribution is -2.27. The van der Waals surface area contributed by atoms with Crippen LogP contribution in [0.5, 0.6) is 5.75 Å². The third-order valence-corrected chi connectivity index (χ3v) is 7.01. The summed E-state index contributed by atoms with van der Waals surface area (Å²) >= 11 is 8.50. The molecule has 0 unspecified atom stereocenters. The highest BCUT2D eigenvalue weighted by Crippen LogP contribution is 2.48. The molecule has 7 heteroatoms. The number of thiocarbonyl (C=S) groups is 1. The number of anilines is 1. The number of likely N-dealkylation sites (N-methyl/N-ethyl adjacent to an activating group) is 1. The van der Waals surface area contributed by atoms with Crippen LogP contribution in [-0.2, 0) is 4.79 Å². The van der Waals surface area contributed by atoms with Gasteiger partial charge in [0.15, 0.2) is 0 Å². The van der Waals surface area contributed by atoms with Crippen molar-refractivity contribution in [3.8, 4) is 5.75 Å². The number of allylic oxidation sites excluding steroid dienone is 2. The molecule has 1 aromatic carbocycles. The van der Waals surface area contributed by atoms with Crippen LogP contribution in [0, 0.1) is 0 Å². The number of hydrogen-bond donors (Lipinski definition) is 0. The van der Waals surface area contributed by atoms with Gasteiger partial charge in [-0.25, -0.2) is 0 Å². The summed E-state index contributed by atoms with van der Waals surface area (Å²) in [5, 5.41) is 1.13. The fourth-order valence-electron chi connectivity index (χ4n) is 2.99. The molecule has 0 saturated carbocycles. The number of benzene rings is 1. The molecule has 0 radical (unpaired) electrons. The summed E-state index contributed by atoms with van der Waals surface area (Å²) in [6.45, 7) is 7.63. The van der Waals surface area contributed by atoms with Crippen LogP contribution in [0.2, 0.25) is 0 Å². The molecule has 1 saturated heterocycles. The zero-order valence-corrected chi connectivity index (χ0v) is 17.8. The van der Waals surface area contributed by atoms with Gasteiger partial charge in [0, 0.05) is 24.1 Å². The maximum absolute atomic E-state index is 12.7. The molecular formula is C19H22N2O2S3. The summed E-state index contributed by atoms with van der Waals surface area (Å²) < 4.78 is 6.02. The van der Waals surface area contributed by atoms with Crippen LogP contribution in [-0.4, -0.2) is 35.3 Å². The Hall–Kier alpha value is -1.44. The van der Waals surface area contributed by atoms with Crippen molar-refractivity contribution in [1.82, 2.24) is 4.90 Å². The van der Waals surface area contributed by atoms with Crippen LogP contribution in [0.25, 0.3) is 0 Å². The molecule has 2 heterocycles. The molecule has 138 valence electrons. The van der Waals surface area contributed by atoms with Crippen molar-refractivity contribution < 1.29 is 9.53 Å². The molecule has 0 aliphatic carbocycles. The quantitative estimate of drug-likeness (QED) is 0.505. The molecule has 2 aliphatic heterocycles. The second kappa shape index (κ2) is 8.06. The monoisotopic (exact) mass is 406 g/mol. The summed E-state index contributed by atoms with van der Waals surface area (Å²) in [5.74, 6) is 0.880. The van der Waals surface area contributed by atoms with E-state index in [1.165, 1.54) is 16.7 Å². The molecule has 2 aliphatic rings. The first-order chi connectivity index (χ1) is 12.5. The van der Waals surface area contributed by atoms with E-state index in [2.05, 4.69) is 37.0 Å². The lowest BCUT2D eigenvalue weighted by atomic mass is 10.1. The van der Waals surface area contributed by atoms with Gasteiger partial charge in [-0.3, -0.25) is 9.69 Å². The summed E-state index contributed by atoms with van der Waals surface area (Å²) in [6, 6.07) is 6.13. The molecule has 1 aromatic rings. The Labute approximate surface area is 168 Å². The average Bonchev–Trinajstić information content (AvgIpc) is 3.14. The van der Waals surface area contributed by atoms with Crippen molar-refractivity contribution in [2.75, 3.05) is 25.1 Å². The minimum Gasteiger partial charge on any atom is -0.497 e. The van der Waals surface area contributed by atoms with Gasteiger partial charge in [-0.1, -0.05) is 42.7 Å². The number of thioether (sulfide) groups is 2. The fraction of sp³-hybridized carbons (Fsp3) is 0.368. The smallest absolute Gasteiger partial charge is 0.266 e. The van der Waals surface area contributed by atoms with Gasteiger partial charge in [0.2, 0.25) is 0 Å². The van der Waals surface area contributed by atoms with Gasteiger partial charge < -0.3 is 9.64 Å². The summed E-state index contributed by atoms with van der Waals surface area (Å²) in [6.07, 6.45) is 2.93. The summed E-state index contributed by atoms with van der Waals surface area (Å²) in [4.78, 5) is 18.6. The predicted octanol–water partition coefficient (Wildman–Crippen LogP) is 5.01. The zero-order chi connectivity index (χ0) is 18.8. The van der Waals surface area contributed by atoms with E-state index < -0.39 is 0 Å². The lowest BCUT2D eigenvalue weighted by molar-refractivity contribution is -0.122. The standard InChI is InChI=1S/C19H22N2O2S3/c1-5-12(17-18(22)21(7-3)19(24)26-17)10-16-20(6-2)14-11-13(23-4)8-9-15(14)25-16/h8-11H,5-7H2,1-4H3/b16-10-,17-12+. The minimum absolute atomic E-state index is 0.0291. The van der Waals surface area contributed by atoms with Crippen LogP contribution in [0.15, 0.2) is 44.7 Å². The van der Waals surface area contributed by atoms with Crippen LogP contribution < -0.4 is 9.64 Å². The zero-order valence-electron chi connectivity index (χ0n) is 15.4. The Kier molecular flexibility index (Phi) is 5.99. The van der Waals surface area contributed by atoms with E-state index >= 15 is 0 Å². The highest BCUT2D eigenvalue weighted by molar-refractivity contribution is 8.26. The molecule has 0 aromatic heterocycles. The molecule has 0 N–H and O–H groups in total. The first-order valence-electron chi connectivity index (χ1n) is 8.65. The Morgan fingerprint density at radius 2 is 1.92 bits per heavy atom. The number of carbonyl (C=O) groups is 1. The van der Waals surface area contributed by atoms with Crippen molar-refractivity contribution in [3.05, 3.63) is 39.8 Å². The predicted molar refractivity (Wildman–Crippen MR) is 115 cm³/mol. The molecule has 26 heavy (non-hydrogen) atoms. The number of ether oxygens (including phenoxy) is 1. The molecule has 0 spiro atoms. The van der Waals surface area contributed by atoms with Crippen molar-refractivity contribution in [3.63, 3.8) is 0 Å². The summed E-state index contributed by atoms with van der Waals surface area (Å²) in [7, 11) is 1.68. The summed E-state index contributed by atoms with van der Waals surface area (Å²) in [5.41, 5.74) is 2.19. The Balaban J connectivity index is 1.99. The number of rotatable bonds is 5. The van der Waals surface area contributed by atoms with Gasteiger partial charge in [-0.15, -0.1) is 0 Å². The largest absolute Gasteiger partial charge is 0.497 e. The molecule has 0 atom stereocenters. The van der Waals surface area contributed by atoms with Crippen LogP contribution in [0.3, 0.4) is 0 Å². The van der Waals surface area contributed by atoms with E-state index in [1.54, 1.807) is 23.8 Å². The second-order valence-corrected chi connectivity index (χ2v) is 8.49. The van der Waals surface area contributed by atoms with Crippen LogP contribution >= 0.6 is 35.7 Å². The Bertz CT molecular complexity index is 817. The maximum Gasteiger partial charge on any atom is 0.266 e. The highest BCUT2D eigenvalue weighted by Gasteiger charge is 2.33. The van der Waals surface area contributed by atoms with Gasteiger partial charge in [0.1, 0.15) is 10.1 Å². The van der Waals surface area contributed by atoms with E-state index in [-0.39, 0.29) is 5.91 Å². The lowest BCUT2D eigenvalue weighted by Gasteiger charge is -2.19. The first-order valence-corrected chi connectivity index (χ1v) is 10.7. The normalized spacial score (nSPS) is 20.2. The number of amides is 1. The van der Waals surface area contributed by atoms with Gasteiger partial charge >= 0.3 is 0 Å². The van der Waals surface area contributed by atoms with Crippen molar-refractivity contribution in [1.29, 1.82) is 0 Å². The number of fused-ring (bicyclic) bond motifs is 1. The van der Waals surface area contributed by atoms with Gasteiger partial charge in [0.25, 0.3) is 5.91 Å². The Morgan fingerprint density at radius 3 is 2.50 bits per heavy atom. The van der Waals surface area contributed by atoms with E-state index in [9.17, 15) is 4.79 Å². The fourth-order valence-corrected chi connectivity index (χ4v) is 5.65. The Morgan fingerprint density at radius 1 is 1.19 bits per heavy atom. The van der Waals surface area contributed by atoms with Crippen molar-refractivity contribution in [2.24, 2.45) is 0 Å². The molecular weight excluding hydrogens is 384 g/mol. The number of carbonyl (C=O) groups excluding carboxylic acids is 1. The number of hydrogen-bond acceptors (Lipinski definition) is 6. The van der Waals surface area contributed by atoms with E-state index in [0.29, 0.717) is 10.9 Å². The van der Waals surface area contributed by atoms with Crippen molar-refractivity contribution >= 4 is 51.7 Å². The molecule has 1 fully saturated rings. The first kappa shape index (κ1) is 19.3. The third kappa shape index (κ3) is 3.40. The van der Waals surface area contributed by atoms with Gasteiger partial charge in [-0.05, 0) is 44.1 Å². The SMILES string of the molecule is CCC(/C=C1\Sc2ccc(OC)cc2N1CC)=C1\SC(=S)N(CC)C1=O. The van der Waals surface area contributed by atoms with Gasteiger partial charge in [0.05, 0.1) is 22.7 Å². The highest BCUT2D eigenvalue weighted by atomic mass is 32.2. The van der Waals surface area contributed by atoms with E-state index in [4.69, 9.17) is 17.0 Å². The second-order valence-electron chi connectivity index (χ2n) is 5.79. The molecule has 3 rings (SSSR count). The minimum atomic E-state index is 0.0291.